The first-order valence-corrected chi connectivity index (χ1v) is 10.6. The third-order valence-corrected chi connectivity index (χ3v) is 5.16. The fourth-order valence-electron chi connectivity index (χ4n) is 2.68. The van der Waals surface area contributed by atoms with Crippen molar-refractivity contribution in [3.8, 4) is 0 Å². The molecule has 0 aliphatic carbocycles. The number of rotatable bonds is 10. The van der Waals surface area contributed by atoms with Crippen LogP contribution in [0.2, 0.25) is 5.02 Å². The molecule has 0 amide bonds. The highest BCUT2D eigenvalue weighted by molar-refractivity contribution is 7.96. The topological polar surface area (TPSA) is 91.1 Å². The van der Waals surface area contributed by atoms with Crippen molar-refractivity contribution in [2.75, 3.05) is 30.5 Å². The van der Waals surface area contributed by atoms with E-state index in [0.29, 0.717) is 29.9 Å². The molecule has 10 heteroatoms. The van der Waals surface area contributed by atoms with Crippen LogP contribution in [0.5, 0.6) is 0 Å². The molecule has 0 aliphatic rings. The molecule has 0 bridgehead atoms. The van der Waals surface area contributed by atoms with Crippen LogP contribution < -0.4 is 10.6 Å². The van der Waals surface area contributed by atoms with Gasteiger partial charge in [0.2, 0.25) is 5.95 Å². The normalized spacial score (nSPS) is 11.1. The first-order valence-electron chi connectivity index (χ1n) is 9.07. The zero-order chi connectivity index (χ0) is 20.6. The van der Waals surface area contributed by atoms with Gasteiger partial charge in [-0.2, -0.15) is 10.1 Å². The van der Waals surface area contributed by atoms with Gasteiger partial charge in [0, 0.05) is 19.3 Å². The van der Waals surface area contributed by atoms with Gasteiger partial charge in [-0.15, -0.1) is 0 Å². The maximum Gasteiger partial charge on any atom is 0.229 e. The third kappa shape index (κ3) is 6.33. The molecule has 3 N–H and O–H groups in total. The molecule has 0 fully saturated rings. The number of nitrogens with zero attached hydrogens (tertiary/aromatic N) is 5. The van der Waals surface area contributed by atoms with Crippen LogP contribution in [-0.4, -0.2) is 49.1 Å². The number of nitrogens with one attached hydrogen (secondary N) is 2. The molecule has 3 rings (SSSR count). The Kier molecular flexibility index (Phi) is 7.70. The monoisotopic (exact) mass is 433 g/mol. The standard InChI is InChI=1S/C19H24ClN7OS/c1-26(29-2)12-15-5-3-4-14(8-15)9-21-18-17(20)11-22-19(25-18)24-16-10-23-27(13-16)6-7-28/h3-5,8,10-11,13,28H,6-7,9,12H2,1-2H3,(H2,21,22,24,25). The molecule has 0 aliphatic heterocycles. The van der Waals surface area contributed by atoms with E-state index in [1.807, 2.05) is 0 Å². The van der Waals surface area contributed by atoms with Crippen LogP contribution in [0, 0.1) is 0 Å². The minimum Gasteiger partial charge on any atom is -0.394 e. The van der Waals surface area contributed by atoms with Gasteiger partial charge < -0.3 is 15.7 Å². The van der Waals surface area contributed by atoms with Crippen LogP contribution in [0.3, 0.4) is 0 Å². The van der Waals surface area contributed by atoms with E-state index in [9.17, 15) is 0 Å². The smallest absolute Gasteiger partial charge is 0.229 e. The van der Waals surface area contributed by atoms with Crippen molar-refractivity contribution in [1.82, 2.24) is 24.1 Å². The number of aliphatic hydroxyl groups is 1. The lowest BCUT2D eigenvalue weighted by Gasteiger charge is -2.14. The summed E-state index contributed by atoms with van der Waals surface area (Å²) in [4.78, 5) is 8.67. The van der Waals surface area contributed by atoms with E-state index < -0.39 is 0 Å². The van der Waals surface area contributed by atoms with Crippen molar-refractivity contribution in [3.63, 3.8) is 0 Å². The van der Waals surface area contributed by atoms with Gasteiger partial charge in [-0.05, 0) is 24.4 Å². The molecule has 154 valence electrons. The first kappa shape index (κ1) is 21.4. The Balaban J connectivity index is 1.65. The summed E-state index contributed by atoms with van der Waals surface area (Å²) in [6.45, 7) is 1.94. The zero-order valence-electron chi connectivity index (χ0n) is 16.3. The Hall–Kier alpha value is -2.33. The van der Waals surface area contributed by atoms with Crippen molar-refractivity contribution >= 4 is 41.0 Å². The van der Waals surface area contributed by atoms with Gasteiger partial charge in [-0.1, -0.05) is 47.8 Å². The van der Waals surface area contributed by atoms with Gasteiger partial charge in [-0.3, -0.25) is 4.68 Å². The predicted octanol–water partition coefficient (Wildman–Crippen LogP) is 3.38. The zero-order valence-corrected chi connectivity index (χ0v) is 17.9. The van der Waals surface area contributed by atoms with Gasteiger partial charge >= 0.3 is 0 Å². The molecular weight excluding hydrogens is 410 g/mol. The minimum atomic E-state index is 0.0292. The molecule has 0 unspecified atom stereocenters. The number of aromatic nitrogens is 4. The summed E-state index contributed by atoms with van der Waals surface area (Å²) < 4.78 is 3.81. The van der Waals surface area contributed by atoms with Gasteiger partial charge in [0.1, 0.15) is 5.02 Å². The summed E-state index contributed by atoms with van der Waals surface area (Å²) >= 11 is 7.96. The molecule has 0 saturated heterocycles. The Morgan fingerprint density at radius 2 is 2.10 bits per heavy atom. The third-order valence-electron chi connectivity index (χ3n) is 4.13. The summed E-state index contributed by atoms with van der Waals surface area (Å²) in [5.41, 5.74) is 3.13. The second-order valence-corrected chi connectivity index (χ2v) is 7.77. The minimum absolute atomic E-state index is 0.0292. The van der Waals surface area contributed by atoms with E-state index >= 15 is 0 Å². The molecule has 8 nitrogen and oxygen atoms in total. The van der Waals surface area contributed by atoms with E-state index in [1.165, 1.54) is 5.56 Å². The highest BCUT2D eigenvalue weighted by atomic mass is 35.5. The van der Waals surface area contributed by atoms with Crippen LogP contribution in [0.25, 0.3) is 0 Å². The Bertz CT molecular complexity index is 936. The number of hydrogen-bond acceptors (Lipinski definition) is 8. The number of anilines is 3. The highest BCUT2D eigenvalue weighted by Crippen LogP contribution is 2.22. The maximum absolute atomic E-state index is 8.98. The number of hydrogen-bond donors (Lipinski definition) is 3. The second kappa shape index (κ2) is 10.4. The molecule has 3 aromatic rings. The lowest BCUT2D eigenvalue weighted by atomic mass is 10.1. The van der Waals surface area contributed by atoms with Crippen molar-refractivity contribution in [3.05, 3.63) is 59.0 Å². The molecule has 1 aromatic carbocycles. The van der Waals surface area contributed by atoms with Crippen LogP contribution >= 0.6 is 23.5 Å². The molecule has 0 atom stereocenters. The summed E-state index contributed by atoms with van der Waals surface area (Å²) in [6.07, 6.45) is 7.04. The summed E-state index contributed by atoms with van der Waals surface area (Å²) in [6, 6.07) is 8.41. The molecule has 2 aromatic heterocycles. The quantitative estimate of drug-likeness (QED) is 0.419. The van der Waals surface area contributed by atoms with Gasteiger partial charge in [0.15, 0.2) is 5.82 Å². The highest BCUT2D eigenvalue weighted by Gasteiger charge is 2.08. The molecule has 0 radical (unpaired) electrons. The van der Waals surface area contributed by atoms with Crippen molar-refractivity contribution < 1.29 is 5.11 Å². The van der Waals surface area contributed by atoms with Gasteiger partial charge in [0.05, 0.1) is 31.2 Å². The van der Waals surface area contributed by atoms with Crippen LogP contribution in [0.1, 0.15) is 11.1 Å². The fraction of sp³-hybridized carbons (Fsp3) is 0.316. The van der Waals surface area contributed by atoms with E-state index in [2.05, 4.69) is 67.6 Å². The first-order chi connectivity index (χ1) is 14.1. The molecule has 0 saturated carbocycles. The Labute approximate surface area is 179 Å². The van der Waals surface area contributed by atoms with Crippen molar-refractivity contribution in [1.29, 1.82) is 0 Å². The molecule has 29 heavy (non-hydrogen) atoms. The van der Waals surface area contributed by atoms with Crippen molar-refractivity contribution in [2.45, 2.75) is 19.6 Å². The molecular formula is C19H24ClN7OS. The fourth-order valence-corrected chi connectivity index (χ4v) is 3.11. The van der Waals surface area contributed by atoms with Crippen LogP contribution in [0.4, 0.5) is 17.5 Å². The van der Waals surface area contributed by atoms with Crippen molar-refractivity contribution in [2.24, 2.45) is 0 Å². The summed E-state index contributed by atoms with van der Waals surface area (Å²) in [5.74, 6) is 0.967. The SMILES string of the molecule is CSN(C)Cc1cccc(CNc2nc(Nc3cnn(CCO)c3)ncc2Cl)c1. The van der Waals surface area contributed by atoms with Gasteiger partial charge in [0.25, 0.3) is 0 Å². The molecule has 0 spiro atoms. The number of halogens is 1. The van der Waals surface area contributed by atoms with Crippen LogP contribution in [0.15, 0.2) is 42.9 Å². The number of benzene rings is 1. The van der Waals surface area contributed by atoms with E-state index in [0.717, 1.165) is 17.8 Å². The Morgan fingerprint density at radius 1 is 1.28 bits per heavy atom. The Morgan fingerprint density at radius 3 is 2.90 bits per heavy atom. The average Bonchev–Trinajstić information content (AvgIpc) is 3.16. The largest absolute Gasteiger partial charge is 0.394 e. The predicted molar refractivity (Wildman–Crippen MR) is 118 cm³/mol. The second-order valence-electron chi connectivity index (χ2n) is 6.37. The molecule has 2 heterocycles. The average molecular weight is 434 g/mol. The van der Waals surface area contributed by atoms with E-state index in [4.69, 9.17) is 16.7 Å². The van der Waals surface area contributed by atoms with E-state index in [1.54, 1.807) is 35.2 Å². The van der Waals surface area contributed by atoms with Gasteiger partial charge in [-0.25, -0.2) is 9.29 Å². The maximum atomic E-state index is 8.98. The lowest BCUT2D eigenvalue weighted by Crippen LogP contribution is -2.09. The lowest BCUT2D eigenvalue weighted by molar-refractivity contribution is 0.269. The number of aliphatic hydroxyl groups excluding tert-OH is 1. The van der Waals surface area contributed by atoms with E-state index in [-0.39, 0.29) is 6.61 Å². The van der Waals surface area contributed by atoms with Crippen LogP contribution in [-0.2, 0) is 19.6 Å². The summed E-state index contributed by atoms with van der Waals surface area (Å²) in [5, 5.41) is 19.9. The summed E-state index contributed by atoms with van der Waals surface area (Å²) in [7, 11) is 2.07.